The second kappa shape index (κ2) is 5.06. The number of carbonyl (C=O) groups excluding carboxylic acids is 1. The number of amidine groups is 1. The van der Waals surface area contributed by atoms with E-state index >= 15 is 0 Å². The summed E-state index contributed by atoms with van der Waals surface area (Å²) in [5.41, 5.74) is 4.92. The number of oxime groups is 1. The zero-order valence-corrected chi connectivity index (χ0v) is 8.08. The van der Waals surface area contributed by atoms with Gasteiger partial charge in [0.1, 0.15) is 11.6 Å². The van der Waals surface area contributed by atoms with E-state index < -0.39 is 17.5 Å². The first-order valence-corrected chi connectivity index (χ1v) is 4.23. The van der Waals surface area contributed by atoms with Gasteiger partial charge >= 0.3 is 0 Å². The standard InChI is InChI=1S/C9H9F2N3O2/c10-6-1-5(2-7(11)3-6)9(15)13-4-8(12)14-16/h1-3,16H,4H2,(H2,12,14)(H,13,15). The first-order chi connectivity index (χ1) is 7.52. The molecule has 1 aromatic rings. The van der Waals surface area contributed by atoms with Gasteiger partial charge in [-0.25, -0.2) is 8.78 Å². The van der Waals surface area contributed by atoms with Gasteiger partial charge in [0.25, 0.3) is 5.91 Å². The topological polar surface area (TPSA) is 87.7 Å². The fourth-order valence-electron chi connectivity index (χ4n) is 0.993. The van der Waals surface area contributed by atoms with E-state index in [2.05, 4.69) is 10.5 Å². The molecule has 0 saturated heterocycles. The molecule has 0 heterocycles. The number of carbonyl (C=O) groups is 1. The molecular weight excluding hydrogens is 220 g/mol. The van der Waals surface area contributed by atoms with E-state index in [1.807, 2.05) is 0 Å². The third kappa shape index (κ3) is 3.19. The Labute approximate surface area is 89.6 Å². The van der Waals surface area contributed by atoms with Crippen molar-refractivity contribution in [1.29, 1.82) is 0 Å². The number of nitrogens with one attached hydrogen (secondary N) is 1. The Hall–Kier alpha value is -2.18. The molecule has 0 bridgehead atoms. The highest BCUT2D eigenvalue weighted by Crippen LogP contribution is 2.07. The maximum Gasteiger partial charge on any atom is 0.251 e. The van der Waals surface area contributed by atoms with E-state index in [9.17, 15) is 13.6 Å². The molecule has 0 aliphatic heterocycles. The van der Waals surface area contributed by atoms with E-state index in [0.717, 1.165) is 12.1 Å². The minimum absolute atomic E-state index is 0.178. The average Bonchev–Trinajstić information content (AvgIpc) is 2.23. The van der Waals surface area contributed by atoms with Crippen molar-refractivity contribution in [3.63, 3.8) is 0 Å². The van der Waals surface area contributed by atoms with Crippen molar-refractivity contribution < 1.29 is 18.8 Å². The quantitative estimate of drug-likeness (QED) is 0.304. The van der Waals surface area contributed by atoms with Crippen LogP contribution in [-0.2, 0) is 0 Å². The van der Waals surface area contributed by atoms with Gasteiger partial charge in [0.05, 0.1) is 6.54 Å². The molecule has 0 saturated carbocycles. The van der Waals surface area contributed by atoms with Crippen molar-refractivity contribution in [3.05, 3.63) is 35.4 Å². The van der Waals surface area contributed by atoms with Crippen LogP contribution in [0.5, 0.6) is 0 Å². The minimum Gasteiger partial charge on any atom is -0.409 e. The van der Waals surface area contributed by atoms with Crippen LogP contribution in [0.3, 0.4) is 0 Å². The Morgan fingerprint density at radius 3 is 2.44 bits per heavy atom. The summed E-state index contributed by atoms with van der Waals surface area (Å²) in [4.78, 5) is 11.3. The lowest BCUT2D eigenvalue weighted by atomic mass is 10.2. The van der Waals surface area contributed by atoms with Crippen LogP contribution >= 0.6 is 0 Å². The van der Waals surface area contributed by atoms with Gasteiger partial charge in [-0.2, -0.15) is 0 Å². The van der Waals surface area contributed by atoms with Crippen LogP contribution < -0.4 is 11.1 Å². The van der Waals surface area contributed by atoms with Crippen molar-refractivity contribution >= 4 is 11.7 Å². The number of hydrogen-bond acceptors (Lipinski definition) is 3. The minimum atomic E-state index is -0.853. The summed E-state index contributed by atoms with van der Waals surface area (Å²) in [5, 5.41) is 13.0. The molecule has 0 radical (unpaired) electrons. The normalized spacial score (nSPS) is 11.2. The molecule has 16 heavy (non-hydrogen) atoms. The van der Waals surface area contributed by atoms with Crippen molar-refractivity contribution in [2.24, 2.45) is 10.9 Å². The van der Waals surface area contributed by atoms with Gasteiger partial charge in [-0.05, 0) is 12.1 Å². The fraction of sp³-hybridized carbons (Fsp3) is 0.111. The van der Waals surface area contributed by atoms with Crippen LogP contribution in [-0.4, -0.2) is 23.5 Å². The van der Waals surface area contributed by atoms with Gasteiger partial charge in [0.15, 0.2) is 5.84 Å². The van der Waals surface area contributed by atoms with Crippen LogP contribution in [0.25, 0.3) is 0 Å². The number of nitrogens with two attached hydrogens (primary N) is 1. The van der Waals surface area contributed by atoms with Crippen molar-refractivity contribution in [2.75, 3.05) is 6.54 Å². The van der Waals surface area contributed by atoms with Crippen molar-refractivity contribution in [1.82, 2.24) is 5.32 Å². The fourth-order valence-corrected chi connectivity index (χ4v) is 0.993. The van der Waals surface area contributed by atoms with Crippen LogP contribution in [0.4, 0.5) is 8.78 Å². The van der Waals surface area contributed by atoms with E-state index in [0.29, 0.717) is 6.07 Å². The summed E-state index contributed by atoms with van der Waals surface area (Å²) in [5.74, 6) is -2.64. The highest BCUT2D eigenvalue weighted by Gasteiger charge is 2.09. The molecule has 0 aliphatic rings. The molecule has 0 unspecified atom stereocenters. The molecule has 1 amide bonds. The number of amides is 1. The third-order valence-corrected chi connectivity index (χ3v) is 1.68. The summed E-state index contributed by atoms with van der Waals surface area (Å²) in [7, 11) is 0. The number of nitrogens with zero attached hydrogens (tertiary/aromatic N) is 1. The lowest BCUT2D eigenvalue weighted by Crippen LogP contribution is -2.33. The molecule has 0 spiro atoms. The summed E-state index contributed by atoms with van der Waals surface area (Å²) in [6, 6.07) is 2.41. The van der Waals surface area contributed by atoms with Gasteiger partial charge in [0, 0.05) is 11.6 Å². The Morgan fingerprint density at radius 1 is 1.38 bits per heavy atom. The molecule has 7 heteroatoms. The largest absolute Gasteiger partial charge is 0.409 e. The zero-order valence-electron chi connectivity index (χ0n) is 8.08. The maximum absolute atomic E-state index is 12.7. The van der Waals surface area contributed by atoms with E-state index in [1.54, 1.807) is 0 Å². The Kier molecular flexibility index (Phi) is 3.76. The molecule has 86 valence electrons. The molecule has 0 aliphatic carbocycles. The summed E-state index contributed by atoms with van der Waals surface area (Å²) >= 11 is 0. The Morgan fingerprint density at radius 2 is 1.94 bits per heavy atom. The van der Waals surface area contributed by atoms with Gasteiger partial charge in [-0.15, -0.1) is 0 Å². The number of halogens is 2. The van der Waals surface area contributed by atoms with Crippen molar-refractivity contribution in [2.45, 2.75) is 0 Å². The highest BCUT2D eigenvalue weighted by atomic mass is 19.1. The molecule has 0 atom stereocenters. The molecule has 1 aromatic carbocycles. The maximum atomic E-state index is 12.7. The Bertz CT molecular complexity index is 415. The first-order valence-electron chi connectivity index (χ1n) is 4.23. The van der Waals surface area contributed by atoms with Crippen LogP contribution in [0, 0.1) is 11.6 Å². The lowest BCUT2D eigenvalue weighted by Gasteiger charge is -2.04. The second-order valence-electron chi connectivity index (χ2n) is 2.93. The van der Waals surface area contributed by atoms with Crippen LogP contribution in [0.2, 0.25) is 0 Å². The van der Waals surface area contributed by atoms with Crippen LogP contribution in [0.15, 0.2) is 23.4 Å². The van der Waals surface area contributed by atoms with E-state index in [-0.39, 0.29) is 17.9 Å². The molecular formula is C9H9F2N3O2. The van der Waals surface area contributed by atoms with Gasteiger partial charge in [0.2, 0.25) is 0 Å². The predicted molar refractivity (Wildman–Crippen MR) is 52.1 cm³/mol. The summed E-state index contributed by atoms with van der Waals surface area (Å²) < 4.78 is 25.5. The zero-order chi connectivity index (χ0) is 12.1. The lowest BCUT2D eigenvalue weighted by molar-refractivity contribution is 0.0958. The van der Waals surface area contributed by atoms with E-state index in [1.165, 1.54) is 0 Å². The predicted octanol–water partition coefficient (Wildman–Crippen LogP) is 0.441. The van der Waals surface area contributed by atoms with Crippen molar-refractivity contribution in [3.8, 4) is 0 Å². The Balaban J connectivity index is 2.73. The van der Waals surface area contributed by atoms with Gasteiger partial charge < -0.3 is 16.3 Å². The first kappa shape index (κ1) is 11.9. The molecule has 0 fully saturated rings. The molecule has 1 rings (SSSR count). The second-order valence-corrected chi connectivity index (χ2v) is 2.93. The molecule has 0 aromatic heterocycles. The summed E-state index contributed by atoms with van der Waals surface area (Å²) in [6.45, 7) is -0.215. The monoisotopic (exact) mass is 229 g/mol. The third-order valence-electron chi connectivity index (χ3n) is 1.68. The number of rotatable bonds is 3. The van der Waals surface area contributed by atoms with Gasteiger partial charge in [-0.1, -0.05) is 5.16 Å². The van der Waals surface area contributed by atoms with Gasteiger partial charge in [-0.3, -0.25) is 4.79 Å². The SMILES string of the molecule is N/C(CNC(=O)c1cc(F)cc(F)c1)=N\O. The smallest absolute Gasteiger partial charge is 0.251 e. The molecule has 5 nitrogen and oxygen atoms in total. The number of hydrogen-bond donors (Lipinski definition) is 3. The number of benzene rings is 1. The highest BCUT2D eigenvalue weighted by molar-refractivity contribution is 5.96. The van der Waals surface area contributed by atoms with E-state index in [4.69, 9.17) is 10.9 Å². The summed E-state index contributed by atoms with van der Waals surface area (Å²) in [6.07, 6.45) is 0. The van der Waals surface area contributed by atoms with Crippen LogP contribution in [0.1, 0.15) is 10.4 Å². The molecule has 4 N–H and O–H groups in total. The average molecular weight is 229 g/mol.